The van der Waals surface area contributed by atoms with Gasteiger partial charge in [-0.1, -0.05) is 0 Å². The van der Waals surface area contributed by atoms with Gasteiger partial charge in [0.2, 0.25) is 0 Å². The van der Waals surface area contributed by atoms with E-state index in [0.717, 1.165) is 13.0 Å². The summed E-state index contributed by atoms with van der Waals surface area (Å²) >= 11 is 1.38. The first kappa shape index (κ1) is 14.3. The van der Waals surface area contributed by atoms with Crippen LogP contribution in [0.5, 0.6) is 5.75 Å². The van der Waals surface area contributed by atoms with Gasteiger partial charge >= 0.3 is 12.5 Å². The second-order valence-corrected chi connectivity index (χ2v) is 4.07. The van der Waals surface area contributed by atoms with Crippen molar-refractivity contribution in [3.63, 3.8) is 0 Å². The molecule has 96 valence electrons. The molecule has 0 amide bonds. The van der Waals surface area contributed by atoms with E-state index in [1.165, 1.54) is 22.6 Å². The molecule has 0 bridgehead atoms. The van der Waals surface area contributed by atoms with Gasteiger partial charge in [-0.05, 0) is 29.5 Å². The minimum atomic E-state index is -5.04. The number of ether oxygens (including phenoxy) is 1. The monoisotopic (exact) mass is 371 g/mol. The Hall–Kier alpha value is -0.740. The summed E-state index contributed by atoms with van der Waals surface area (Å²) in [5.41, 5.74) is -2.08. The zero-order valence-corrected chi connectivity index (χ0v) is 10.2. The highest BCUT2D eigenvalue weighted by molar-refractivity contribution is 14.1. The summed E-state index contributed by atoms with van der Waals surface area (Å²) in [5, 5.41) is 0. The van der Waals surface area contributed by atoms with Crippen LogP contribution < -0.4 is 4.74 Å². The fourth-order valence-electron chi connectivity index (χ4n) is 1.06. The molecule has 0 aliphatic heterocycles. The standard InChI is InChI=1S/C8H4F6INO/c1-3-4(17-8(12,13)14)2-5(15)16-6(3)7(9,10)11/h2H,1H3. The zero-order valence-electron chi connectivity index (χ0n) is 8.08. The van der Waals surface area contributed by atoms with Crippen LogP contribution >= 0.6 is 22.6 Å². The molecule has 0 saturated heterocycles. The number of aromatic nitrogens is 1. The minimum absolute atomic E-state index is 0.236. The fourth-order valence-corrected chi connectivity index (χ4v) is 1.59. The molecule has 0 fully saturated rings. The predicted molar refractivity (Wildman–Crippen MR) is 53.4 cm³/mol. The molecule has 0 atom stereocenters. The van der Waals surface area contributed by atoms with Crippen molar-refractivity contribution >= 4 is 22.6 Å². The van der Waals surface area contributed by atoms with Crippen molar-refractivity contribution in [1.29, 1.82) is 0 Å². The normalized spacial score (nSPS) is 12.7. The molecule has 9 heteroatoms. The first-order valence-electron chi connectivity index (χ1n) is 4.01. The molecule has 0 aromatic carbocycles. The fraction of sp³-hybridized carbons (Fsp3) is 0.375. The second-order valence-electron chi connectivity index (χ2n) is 2.96. The third-order valence-electron chi connectivity index (χ3n) is 1.69. The summed E-state index contributed by atoms with van der Waals surface area (Å²) in [5.74, 6) is -0.899. The van der Waals surface area contributed by atoms with Crippen LogP contribution in [0.2, 0.25) is 0 Å². The maximum atomic E-state index is 12.4. The van der Waals surface area contributed by atoms with E-state index in [1.54, 1.807) is 0 Å². The van der Waals surface area contributed by atoms with E-state index < -0.39 is 29.5 Å². The Bertz CT molecular complexity index is 427. The number of hydrogen-bond acceptors (Lipinski definition) is 2. The number of rotatable bonds is 1. The minimum Gasteiger partial charge on any atom is -0.405 e. The molecular formula is C8H4F6INO. The third kappa shape index (κ3) is 3.89. The number of alkyl halides is 6. The Morgan fingerprint density at radius 2 is 1.71 bits per heavy atom. The second kappa shape index (κ2) is 4.50. The first-order valence-corrected chi connectivity index (χ1v) is 5.08. The predicted octanol–water partition coefficient (Wildman–Crippen LogP) is 3.91. The smallest absolute Gasteiger partial charge is 0.405 e. The van der Waals surface area contributed by atoms with Crippen LogP contribution in [-0.4, -0.2) is 11.3 Å². The lowest BCUT2D eigenvalue weighted by Gasteiger charge is -2.15. The van der Waals surface area contributed by atoms with Crippen molar-refractivity contribution in [2.75, 3.05) is 0 Å². The number of pyridine rings is 1. The highest BCUT2D eigenvalue weighted by atomic mass is 127. The van der Waals surface area contributed by atoms with Gasteiger partial charge in [0, 0.05) is 11.6 Å². The van der Waals surface area contributed by atoms with Crippen LogP contribution in [0.3, 0.4) is 0 Å². The maximum Gasteiger partial charge on any atom is 0.573 e. The highest BCUT2D eigenvalue weighted by Gasteiger charge is 2.38. The van der Waals surface area contributed by atoms with E-state index in [-0.39, 0.29) is 3.70 Å². The molecule has 17 heavy (non-hydrogen) atoms. The van der Waals surface area contributed by atoms with Gasteiger partial charge in [-0.25, -0.2) is 4.98 Å². The van der Waals surface area contributed by atoms with Crippen molar-refractivity contribution in [3.05, 3.63) is 21.0 Å². The molecule has 1 heterocycles. The lowest BCUT2D eigenvalue weighted by Crippen LogP contribution is -2.20. The van der Waals surface area contributed by atoms with Crippen LogP contribution in [0.15, 0.2) is 6.07 Å². The Labute approximate surface area is 105 Å². The van der Waals surface area contributed by atoms with Crippen molar-refractivity contribution in [2.24, 2.45) is 0 Å². The molecule has 0 saturated carbocycles. The Morgan fingerprint density at radius 3 is 2.12 bits per heavy atom. The van der Waals surface area contributed by atoms with E-state index in [0.29, 0.717) is 0 Å². The van der Waals surface area contributed by atoms with Crippen molar-refractivity contribution in [2.45, 2.75) is 19.5 Å². The van der Waals surface area contributed by atoms with E-state index in [4.69, 9.17) is 0 Å². The lowest BCUT2D eigenvalue weighted by molar-refractivity contribution is -0.275. The molecule has 0 aliphatic rings. The SMILES string of the molecule is Cc1c(OC(F)(F)F)cc(I)nc1C(F)(F)F. The van der Waals surface area contributed by atoms with Crippen molar-refractivity contribution < 1.29 is 31.1 Å². The largest absolute Gasteiger partial charge is 0.573 e. The summed E-state index contributed by atoms with van der Waals surface area (Å²) < 4.78 is 76.4. The number of halogens is 7. The molecule has 2 nitrogen and oxygen atoms in total. The Morgan fingerprint density at radius 1 is 1.18 bits per heavy atom. The van der Waals surface area contributed by atoms with Gasteiger partial charge in [0.1, 0.15) is 9.45 Å². The summed E-state index contributed by atoms with van der Waals surface area (Å²) in [6.45, 7) is 0.868. The summed E-state index contributed by atoms with van der Waals surface area (Å²) in [6.07, 6.45) is -9.87. The molecule has 1 aromatic heterocycles. The van der Waals surface area contributed by atoms with Gasteiger partial charge in [-0.15, -0.1) is 13.2 Å². The van der Waals surface area contributed by atoms with E-state index in [9.17, 15) is 26.3 Å². The summed E-state index contributed by atoms with van der Waals surface area (Å²) in [4.78, 5) is 3.15. The maximum absolute atomic E-state index is 12.4. The third-order valence-corrected chi connectivity index (χ3v) is 2.24. The first-order chi connectivity index (χ1) is 7.50. The van der Waals surface area contributed by atoms with Crippen LogP contribution in [0.25, 0.3) is 0 Å². The van der Waals surface area contributed by atoms with Gasteiger partial charge in [-0.2, -0.15) is 13.2 Å². The van der Waals surface area contributed by atoms with Gasteiger partial charge in [0.05, 0.1) is 0 Å². The van der Waals surface area contributed by atoms with Gasteiger partial charge in [0.15, 0.2) is 5.69 Å². The molecule has 0 unspecified atom stereocenters. The lowest BCUT2D eigenvalue weighted by atomic mass is 10.2. The van der Waals surface area contributed by atoms with Gasteiger partial charge < -0.3 is 4.74 Å². The molecule has 1 rings (SSSR count). The Balaban J connectivity index is 3.29. The average molecular weight is 371 g/mol. The summed E-state index contributed by atoms with van der Waals surface area (Å²) in [7, 11) is 0. The quantitative estimate of drug-likeness (QED) is 0.424. The summed E-state index contributed by atoms with van der Waals surface area (Å²) in [6, 6.07) is 0.790. The van der Waals surface area contributed by atoms with Crippen LogP contribution in [0, 0.1) is 10.6 Å². The molecule has 0 aliphatic carbocycles. The molecule has 0 spiro atoms. The number of nitrogens with zero attached hydrogens (tertiary/aromatic N) is 1. The van der Waals surface area contributed by atoms with E-state index >= 15 is 0 Å². The Kier molecular flexibility index (Phi) is 3.79. The molecule has 0 N–H and O–H groups in total. The molecule has 0 radical (unpaired) electrons. The zero-order chi connectivity index (χ0) is 13.4. The topological polar surface area (TPSA) is 22.1 Å². The molecule has 1 aromatic rings. The van der Waals surface area contributed by atoms with E-state index in [2.05, 4.69) is 9.72 Å². The number of hydrogen-bond donors (Lipinski definition) is 0. The van der Waals surface area contributed by atoms with Crippen molar-refractivity contribution in [1.82, 2.24) is 4.98 Å². The molecular weight excluding hydrogens is 367 g/mol. The van der Waals surface area contributed by atoms with Gasteiger partial charge in [-0.3, -0.25) is 0 Å². The van der Waals surface area contributed by atoms with Gasteiger partial charge in [0.25, 0.3) is 0 Å². The highest BCUT2D eigenvalue weighted by Crippen LogP contribution is 2.36. The van der Waals surface area contributed by atoms with E-state index in [1.807, 2.05) is 0 Å². The van der Waals surface area contributed by atoms with Crippen LogP contribution in [0.1, 0.15) is 11.3 Å². The van der Waals surface area contributed by atoms with Crippen molar-refractivity contribution in [3.8, 4) is 5.75 Å². The van der Waals surface area contributed by atoms with Crippen LogP contribution in [-0.2, 0) is 6.18 Å². The average Bonchev–Trinajstić information content (AvgIpc) is 2.06. The van der Waals surface area contributed by atoms with Crippen LogP contribution in [0.4, 0.5) is 26.3 Å².